The van der Waals surface area contributed by atoms with Gasteiger partial charge in [0.25, 0.3) is 5.91 Å². The summed E-state index contributed by atoms with van der Waals surface area (Å²) in [5, 5.41) is 4.64. The Kier molecular flexibility index (Phi) is 4.62. The van der Waals surface area contributed by atoms with Gasteiger partial charge in [-0.25, -0.2) is 9.48 Å². The van der Waals surface area contributed by atoms with Crippen LogP contribution in [0.4, 0.5) is 5.69 Å². The fraction of sp³-hybridized carbons (Fsp3) is 0.292. The normalized spacial score (nSPS) is 16.2. The molecule has 0 saturated heterocycles. The number of anilines is 1. The highest BCUT2D eigenvalue weighted by Crippen LogP contribution is 2.40. The fourth-order valence-corrected chi connectivity index (χ4v) is 3.95. The molecule has 1 amide bonds. The Hall–Kier alpha value is -3.41. The summed E-state index contributed by atoms with van der Waals surface area (Å²) < 4.78 is 7.23. The lowest BCUT2D eigenvalue weighted by Gasteiger charge is -2.21. The number of carbonyl (C=O) groups is 2. The van der Waals surface area contributed by atoms with Crippen LogP contribution in [0.25, 0.3) is 5.69 Å². The number of para-hydroxylation sites is 2. The summed E-state index contributed by atoms with van der Waals surface area (Å²) >= 11 is 0. The van der Waals surface area contributed by atoms with E-state index in [1.807, 2.05) is 54.6 Å². The van der Waals surface area contributed by atoms with Gasteiger partial charge < -0.3 is 9.64 Å². The van der Waals surface area contributed by atoms with E-state index in [2.05, 4.69) is 5.10 Å². The molecule has 1 aliphatic heterocycles. The van der Waals surface area contributed by atoms with Crippen LogP contribution in [0.1, 0.15) is 47.4 Å². The first-order valence-corrected chi connectivity index (χ1v) is 10.4. The molecule has 2 heterocycles. The zero-order valence-electron chi connectivity index (χ0n) is 16.8. The first-order chi connectivity index (χ1) is 14.6. The summed E-state index contributed by atoms with van der Waals surface area (Å²) in [6.07, 6.45) is 2.11. The third-order valence-corrected chi connectivity index (χ3v) is 5.72. The Bertz CT molecular complexity index is 1100. The van der Waals surface area contributed by atoms with Gasteiger partial charge in [0, 0.05) is 18.2 Å². The van der Waals surface area contributed by atoms with Gasteiger partial charge >= 0.3 is 5.97 Å². The molecule has 1 saturated carbocycles. The zero-order chi connectivity index (χ0) is 20.7. The molecule has 1 aliphatic carbocycles. The van der Waals surface area contributed by atoms with E-state index in [-0.39, 0.29) is 5.91 Å². The number of rotatable bonds is 5. The van der Waals surface area contributed by atoms with Crippen molar-refractivity contribution in [3.63, 3.8) is 0 Å². The molecule has 0 unspecified atom stereocenters. The van der Waals surface area contributed by atoms with Crippen molar-refractivity contribution < 1.29 is 14.3 Å². The molecule has 6 nitrogen and oxygen atoms in total. The van der Waals surface area contributed by atoms with Crippen LogP contribution in [0.3, 0.4) is 0 Å². The highest BCUT2D eigenvalue weighted by molar-refractivity contribution is 6.00. The Morgan fingerprint density at radius 1 is 1.07 bits per heavy atom. The van der Waals surface area contributed by atoms with Crippen molar-refractivity contribution >= 4 is 17.6 Å². The number of fused-ring (bicyclic) bond motifs is 1. The van der Waals surface area contributed by atoms with Gasteiger partial charge in [-0.3, -0.25) is 4.79 Å². The van der Waals surface area contributed by atoms with Gasteiger partial charge in [0.15, 0.2) is 11.8 Å². The Labute approximate surface area is 175 Å². The number of esters is 1. The molecule has 3 aromatic rings. The van der Waals surface area contributed by atoms with Crippen LogP contribution < -0.4 is 4.90 Å². The second kappa shape index (κ2) is 7.44. The van der Waals surface area contributed by atoms with E-state index >= 15 is 0 Å². The second-order valence-corrected chi connectivity index (χ2v) is 7.89. The van der Waals surface area contributed by atoms with Crippen LogP contribution in [0, 0.1) is 0 Å². The van der Waals surface area contributed by atoms with Gasteiger partial charge in [0.1, 0.15) is 0 Å². The van der Waals surface area contributed by atoms with E-state index in [0.29, 0.717) is 18.2 Å². The highest BCUT2D eigenvalue weighted by Gasteiger charge is 2.33. The molecule has 2 aromatic carbocycles. The molecule has 152 valence electrons. The molecule has 5 rings (SSSR count). The average Bonchev–Trinajstić information content (AvgIpc) is 3.38. The van der Waals surface area contributed by atoms with Gasteiger partial charge in [-0.1, -0.05) is 36.4 Å². The number of amides is 1. The van der Waals surface area contributed by atoms with Crippen LogP contribution in [0.15, 0.2) is 60.7 Å². The van der Waals surface area contributed by atoms with E-state index < -0.39 is 12.1 Å². The molecular weight excluding hydrogens is 378 g/mol. The fourth-order valence-electron chi connectivity index (χ4n) is 3.95. The first-order valence-electron chi connectivity index (χ1n) is 10.4. The Morgan fingerprint density at radius 3 is 2.57 bits per heavy atom. The van der Waals surface area contributed by atoms with Crippen molar-refractivity contribution in [3.8, 4) is 5.69 Å². The van der Waals surface area contributed by atoms with E-state index in [1.54, 1.807) is 22.6 Å². The lowest BCUT2D eigenvalue weighted by atomic mass is 10.2. The Morgan fingerprint density at radius 2 is 1.80 bits per heavy atom. The Balaban J connectivity index is 1.37. The average molecular weight is 401 g/mol. The third-order valence-electron chi connectivity index (χ3n) is 5.72. The maximum atomic E-state index is 13.0. The number of benzene rings is 2. The number of ether oxygens (including phenoxy) is 1. The predicted molar refractivity (Wildman–Crippen MR) is 113 cm³/mol. The van der Waals surface area contributed by atoms with Gasteiger partial charge in [-0.2, -0.15) is 5.10 Å². The van der Waals surface area contributed by atoms with Crippen LogP contribution in [0.2, 0.25) is 0 Å². The van der Waals surface area contributed by atoms with Gasteiger partial charge in [-0.15, -0.1) is 0 Å². The molecule has 6 heteroatoms. The lowest BCUT2D eigenvalue weighted by molar-refractivity contribution is -0.126. The maximum Gasteiger partial charge on any atom is 0.357 e. The van der Waals surface area contributed by atoms with E-state index in [0.717, 1.165) is 41.9 Å². The van der Waals surface area contributed by atoms with Crippen LogP contribution in [0.5, 0.6) is 0 Å². The molecule has 0 N–H and O–H groups in total. The van der Waals surface area contributed by atoms with Gasteiger partial charge in [0.2, 0.25) is 0 Å². The molecule has 0 spiro atoms. The standard InChI is InChI=1S/C24H23N3O3/c1-16(23(28)26-14-13-18-7-5-6-10-21(18)26)30-24(29)22-15-20(17-11-12-17)25-27(22)19-8-3-2-4-9-19/h2-10,15-17H,11-14H2,1H3/t16-/m1/s1. The molecule has 0 radical (unpaired) electrons. The number of hydrogen-bond acceptors (Lipinski definition) is 4. The summed E-state index contributed by atoms with van der Waals surface area (Å²) in [5.41, 5.74) is 4.09. The molecule has 1 aromatic heterocycles. The number of nitrogens with zero attached hydrogens (tertiary/aromatic N) is 3. The molecule has 1 atom stereocenters. The SMILES string of the molecule is C[C@@H](OC(=O)c1cc(C2CC2)nn1-c1ccccc1)C(=O)N1CCc2ccccc21. The maximum absolute atomic E-state index is 13.0. The lowest BCUT2D eigenvalue weighted by Crippen LogP contribution is -2.39. The van der Waals surface area contributed by atoms with Crippen molar-refractivity contribution in [1.82, 2.24) is 9.78 Å². The third kappa shape index (κ3) is 3.38. The van der Waals surface area contributed by atoms with Crippen LogP contribution in [-0.2, 0) is 16.0 Å². The molecule has 0 bridgehead atoms. The molecule has 30 heavy (non-hydrogen) atoms. The van der Waals surface area contributed by atoms with Crippen molar-refractivity contribution in [2.75, 3.05) is 11.4 Å². The predicted octanol–water partition coefficient (Wildman–Crippen LogP) is 3.88. The number of hydrogen-bond donors (Lipinski definition) is 0. The van der Waals surface area contributed by atoms with Gasteiger partial charge in [-0.05, 0) is 56.0 Å². The minimum absolute atomic E-state index is 0.207. The minimum atomic E-state index is -0.882. The summed E-state index contributed by atoms with van der Waals surface area (Å²) in [6.45, 7) is 2.24. The van der Waals surface area contributed by atoms with Crippen molar-refractivity contribution in [2.24, 2.45) is 0 Å². The van der Waals surface area contributed by atoms with E-state index in [4.69, 9.17) is 4.74 Å². The van der Waals surface area contributed by atoms with Gasteiger partial charge in [0.05, 0.1) is 11.4 Å². The van der Waals surface area contributed by atoms with E-state index in [9.17, 15) is 9.59 Å². The molecule has 2 aliphatic rings. The van der Waals surface area contributed by atoms with Crippen LogP contribution >= 0.6 is 0 Å². The largest absolute Gasteiger partial charge is 0.448 e. The molecule has 1 fully saturated rings. The summed E-state index contributed by atoms with van der Waals surface area (Å²) in [4.78, 5) is 27.7. The second-order valence-electron chi connectivity index (χ2n) is 7.89. The van der Waals surface area contributed by atoms with Crippen molar-refractivity contribution in [3.05, 3.63) is 77.6 Å². The monoisotopic (exact) mass is 401 g/mol. The number of aromatic nitrogens is 2. The zero-order valence-corrected chi connectivity index (χ0v) is 16.8. The number of carbonyl (C=O) groups excluding carboxylic acids is 2. The highest BCUT2D eigenvalue weighted by atomic mass is 16.5. The summed E-state index contributed by atoms with van der Waals surface area (Å²) in [5.74, 6) is -0.338. The first kappa shape index (κ1) is 18.6. The quantitative estimate of drug-likeness (QED) is 0.609. The van der Waals surface area contributed by atoms with Crippen molar-refractivity contribution in [1.29, 1.82) is 0 Å². The van der Waals surface area contributed by atoms with Crippen molar-refractivity contribution in [2.45, 2.75) is 38.2 Å². The topological polar surface area (TPSA) is 64.4 Å². The smallest absolute Gasteiger partial charge is 0.357 e. The van der Waals surface area contributed by atoms with Crippen LogP contribution in [-0.4, -0.2) is 34.3 Å². The summed E-state index contributed by atoms with van der Waals surface area (Å²) in [7, 11) is 0. The molecular formula is C24H23N3O3. The summed E-state index contributed by atoms with van der Waals surface area (Å²) in [6, 6.07) is 19.2. The minimum Gasteiger partial charge on any atom is -0.448 e. The van der Waals surface area contributed by atoms with E-state index in [1.165, 1.54) is 0 Å².